The van der Waals surface area contributed by atoms with Gasteiger partial charge in [-0.05, 0) is 37.1 Å². The zero-order valence-corrected chi connectivity index (χ0v) is 12.6. The highest BCUT2D eigenvalue weighted by atomic mass is 35.5. The van der Waals surface area contributed by atoms with Gasteiger partial charge in [-0.2, -0.15) is 0 Å². The van der Waals surface area contributed by atoms with Crippen LogP contribution in [-0.2, 0) is 9.53 Å². The zero-order valence-electron chi connectivity index (χ0n) is 11.8. The highest BCUT2D eigenvalue weighted by Gasteiger charge is 2.02. The van der Waals surface area contributed by atoms with Gasteiger partial charge in [0, 0.05) is 32.4 Å². The lowest BCUT2D eigenvalue weighted by Crippen LogP contribution is -2.12. The average molecular weight is 303 g/mol. The molecule has 1 aromatic rings. The van der Waals surface area contributed by atoms with Gasteiger partial charge >= 0.3 is 0 Å². The van der Waals surface area contributed by atoms with Crippen LogP contribution in [0.1, 0.15) is 19.3 Å². The molecule has 20 heavy (non-hydrogen) atoms. The van der Waals surface area contributed by atoms with Crippen LogP contribution in [0.25, 0.3) is 0 Å². The summed E-state index contributed by atoms with van der Waals surface area (Å²) in [5.74, 6) is 0.773. The molecule has 1 amide bonds. The fourth-order valence-corrected chi connectivity index (χ4v) is 1.57. The van der Waals surface area contributed by atoms with Gasteiger partial charge in [-0.1, -0.05) is 0 Å². The molecule has 1 rings (SSSR count). The minimum absolute atomic E-state index is 0. The Hall–Kier alpha value is -1.30. The van der Waals surface area contributed by atoms with Crippen LogP contribution >= 0.6 is 12.4 Å². The van der Waals surface area contributed by atoms with E-state index in [9.17, 15) is 4.79 Å². The molecule has 3 N–H and O–H groups in total. The summed E-state index contributed by atoms with van der Waals surface area (Å²) < 4.78 is 10.3. The van der Waals surface area contributed by atoms with E-state index in [-0.39, 0.29) is 18.3 Å². The summed E-state index contributed by atoms with van der Waals surface area (Å²) >= 11 is 0. The largest absolute Gasteiger partial charge is 0.492 e. The van der Waals surface area contributed by atoms with Crippen molar-refractivity contribution in [1.82, 2.24) is 0 Å². The number of ether oxygens (including phenoxy) is 2. The molecular weight excluding hydrogens is 280 g/mol. The predicted octanol–water partition coefficient (Wildman–Crippen LogP) is 2.20. The average Bonchev–Trinajstić information content (AvgIpc) is 2.43. The van der Waals surface area contributed by atoms with E-state index >= 15 is 0 Å². The first-order chi connectivity index (χ1) is 9.26. The molecule has 0 atom stereocenters. The predicted molar refractivity (Wildman–Crippen MR) is 82.6 cm³/mol. The van der Waals surface area contributed by atoms with Gasteiger partial charge in [0.05, 0.1) is 0 Å². The number of benzene rings is 1. The Labute approximate surface area is 126 Å². The smallest absolute Gasteiger partial charge is 0.224 e. The number of amides is 1. The Kier molecular flexibility index (Phi) is 10.8. The molecule has 0 unspecified atom stereocenters. The summed E-state index contributed by atoms with van der Waals surface area (Å²) in [5.41, 5.74) is 6.12. The number of nitrogens with one attached hydrogen (secondary N) is 1. The number of unbranched alkanes of at least 4 members (excludes halogenated alkanes) is 1. The van der Waals surface area contributed by atoms with E-state index < -0.39 is 0 Å². The van der Waals surface area contributed by atoms with Crippen molar-refractivity contribution in [2.24, 2.45) is 5.73 Å². The fourth-order valence-electron chi connectivity index (χ4n) is 1.57. The van der Waals surface area contributed by atoms with E-state index in [4.69, 9.17) is 15.2 Å². The van der Waals surface area contributed by atoms with E-state index in [0.29, 0.717) is 26.2 Å². The van der Waals surface area contributed by atoms with Gasteiger partial charge < -0.3 is 20.5 Å². The number of carbonyl (C=O) groups is 1. The number of carbonyl (C=O) groups excluding carboxylic acids is 1. The minimum atomic E-state index is 0. The molecule has 0 fully saturated rings. The molecule has 0 radical (unpaired) electrons. The molecule has 0 spiro atoms. The second kappa shape index (κ2) is 11.5. The van der Waals surface area contributed by atoms with Gasteiger partial charge in [-0.3, -0.25) is 4.79 Å². The van der Waals surface area contributed by atoms with Gasteiger partial charge in [-0.15, -0.1) is 12.4 Å². The SMILES string of the molecule is COCCCCC(=O)Nc1ccc(OCCN)cc1.Cl. The molecule has 0 aromatic heterocycles. The molecule has 0 aliphatic heterocycles. The van der Waals surface area contributed by atoms with Crippen LogP contribution in [0.4, 0.5) is 5.69 Å². The summed E-state index contributed by atoms with van der Waals surface area (Å²) in [7, 11) is 1.66. The zero-order chi connectivity index (χ0) is 13.9. The van der Waals surface area contributed by atoms with E-state index in [1.165, 1.54) is 0 Å². The summed E-state index contributed by atoms with van der Waals surface area (Å²) in [6.07, 6.45) is 2.24. The standard InChI is InChI=1S/C14H22N2O3.ClH/c1-18-10-3-2-4-14(17)16-12-5-7-13(8-6-12)19-11-9-15;/h5-8H,2-4,9-11,15H2,1H3,(H,16,17);1H. The van der Waals surface area contributed by atoms with Crippen molar-refractivity contribution >= 4 is 24.0 Å². The van der Waals surface area contributed by atoms with Crippen molar-refractivity contribution in [2.45, 2.75) is 19.3 Å². The quantitative estimate of drug-likeness (QED) is 0.686. The molecular formula is C14H23ClN2O3. The van der Waals surface area contributed by atoms with Crippen LogP contribution < -0.4 is 15.8 Å². The summed E-state index contributed by atoms with van der Waals surface area (Å²) in [6.45, 7) is 1.67. The van der Waals surface area contributed by atoms with Crippen molar-refractivity contribution in [3.63, 3.8) is 0 Å². The molecule has 1 aromatic carbocycles. The minimum Gasteiger partial charge on any atom is -0.492 e. The maximum atomic E-state index is 11.6. The van der Waals surface area contributed by atoms with Gasteiger partial charge in [0.2, 0.25) is 5.91 Å². The lowest BCUT2D eigenvalue weighted by molar-refractivity contribution is -0.116. The van der Waals surface area contributed by atoms with Crippen LogP contribution in [0.2, 0.25) is 0 Å². The fraction of sp³-hybridized carbons (Fsp3) is 0.500. The lowest BCUT2D eigenvalue weighted by atomic mass is 10.2. The van der Waals surface area contributed by atoms with Crippen LogP contribution in [0.5, 0.6) is 5.75 Å². The second-order valence-electron chi connectivity index (χ2n) is 4.16. The Morgan fingerprint density at radius 1 is 1.20 bits per heavy atom. The number of nitrogens with two attached hydrogens (primary N) is 1. The van der Waals surface area contributed by atoms with Gasteiger partial charge in [0.25, 0.3) is 0 Å². The maximum Gasteiger partial charge on any atom is 0.224 e. The van der Waals surface area contributed by atoms with E-state index in [0.717, 1.165) is 24.3 Å². The number of halogens is 1. The van der Waals surface area contributed by atoms with Crippen LogP contribution in [-0.4, -0.2) is 32.8 Å². The Morgan fingerprint density at radius 3 is 2.50 bits per heavy atom. The number of anilines is 1. The molecule has 114 valence electrons. The molecule has 0 saturated heterocycles. The normalized spacial score (nSPS) is 9.70. The van der Waals surface area contributed by atoms with Crippen molar-refractivity contribution in [2.75, 3.05) is 32.2 Å². The summed E-state index contributed by atoms with van der Waals surface area (Å²) in [6, 6.07) is 7.27. The van der Waals surface area contributed by atoms with Crippen molar-refractivity contribution < 1.29 is 14.3 Å². The molecule has 0 heterocycles. The van der Waals surface area contributed by atoms with Crippen LogP contribution in [0, 0.1) is 0 Å². The number of hydrogen-bond acceptors (Lipinski definition) is 4. The summed E-state index contributed by atoms with van der Waals surface area (Å²) in [5, 5.41) is 2.84. The maximum absolute atomic E-state index is 11.6. The molecule has 0 aliphatic rings. The third-order valence-electron chi connectivity index (χ3n) is 2.53. The van der Waals surface area contributed by atoms with Crippen molar-refractivity contribution in [3.8, 4) is 5.75 Å². The first-order valence-corrected chi connectivity index (χ1v) is 6.48. The first kappa shape index (κ1) is 18.7. The molecule has 6 heteroatoms. The highest BCUT2D eigenvalue weighted by Crippen LogP contribution is 2.15. The van der Waals surface area contributed by atoms with Crippen molar-refractivity contribution in [1.29, 1.82) is 0 Å². The Balaban J connectivity index is 0.00000361. The third kappa shape index (κ3) is 7.99. The number of hydrogen-bond donors (Lipinski definition) is 2. The highest BCUT2D eigenvalue weighted by molar-refractivity contribution is 5.90. The molecule has 0 saturated carbocycles. The van der Waals surface area contributed by atoms with Gasteiger partial charge in [-0.25, -0.2) is 0 Å². The van der Waals surface area contributed by atoms with E-state index in [1.807, 2.05) is 24.3 Å². The third-order valence-corrected chi connectivity index (χ3v) is 2.53. The van der Waals surface area contributed by atoms with Crippen LogP contribution in [0.15, 0.2) is 24.3 Å². The number of rotatable bonds is 9. The Bertz CT molecular complexity index is 371. The first-order valence-electron chi connectivity index (χ1n) is 6.48. The monoisotopic (exact) mass is 302 g/mol. The van der Waals surface area contributed by atoms with E-state index in [1.54, 1.807) is 7.11 Å². The van der Waals surface area contributed by atoms with Crippen molar-refractivity contribution in [3.05, 3.63) is 24.3 Å². The lowest BCUT2D eigenvalue weighted by Gasteiger charge is -2.07. The number of methoxy groups -OCH3 is 1. The van der Waals surface area contributed by atoms with Gasteiger partial charge in [0.1, 0.15) is 12.4 Å². The van der Waals surface area contributed by atoms with Crippen LogP contribution in [0.3, 0.4) is 0 Å². The molecule has 0 aliphatic carbocycles. The van der Waals surface area contributed by atoms with Gasteiger partial charge in [0.15, 0.2) is 0 Å². The summed E-state index contributed by atoms with van der Waals surface area (Å²) in [4.78, 5) is 11.6. The molecule has 0 bridgehead atoms. The van der Waals surface area contributed by atoms with E-state index in [2.05, 4.69) is 5.32 Å². The molecule has 5 nitrogen and oxygen atoms in total. The Morgan fingerprint density at radius 2 is 1.90 bits per heavy atom. The topological polar surface area (TPSA) is 73.6 Å². The second-order valence-corrected chi connectivity index (χ2v) is 4.16.